The molecule has 1 amide bonds. The highest BCUT2D eigenvalue weighted by atomic mass is 32.2. The number of methoxy groups -OCH3 is 1. The summed E-state index contributed by atoms with van der Waals surface area (Å²) in [5.74, 6) is 0.851. The third kappa shape index (κ3) is 4.62. The van der Waals surface area contributed by atoms with E-state index in [1.807, 2.05) is 36.4 Å². The number of carbonyl (C=O) groups is 1. The van der Waals surface area contributed by atoms with E-state index in [2.05, 4.69) is 36.2 Å². The van der Waals surface area contributed by atoms with E-state index in [0.717, 1.165) is 35.3 Å². The first-order chi connectivity index (χ1) is 13.6. The molecule has 1 aliphatic heterocycles. The molecular formula is C22H25N3O2S. The number of hydrogen-bond donors (Lipinski definition) is 0. The second-order valence-corrected chi connectivity index (χ2v) is 7.79. The van der Waals surface area contributed by atoms with Crippen molar-refractivity contribution in [2.45, 2.75) is 38.5 Å². The van der Waals surface area contributed by atoms with Gasteiger partial charge in [-0.3, -0.25) is 9.69 Å². The van der Waals surface area contributed by atoms with Crippen molar-refractivity contribution in [1.82, 2.24) is 4.90 Å². The van der Waals surface area contributed by atoms with E-state index in [9.17, 15) is 4.79 Å². The summed E-state index contributed by atoms with van der Waals surface area (Å²) in [6.45, 7) is 4.67. The van der Waals surface area contributed by atoms with Crippen molar-refractivity contribution in [1.29, 1.82) is 0 Å². The molecule has 1 atom stereocenters. The van der Waals surface area contributed by atoms with Crippen LogP contribution in [0.2, 0.25) is 0 Å². The lowest BCUT2D eigenvalue weighted by Crippen LogP contribution is -2.31. The fourth-order valence-corrected chi connectivity index (χ4v) is 4.26. The largest absolute Gasteiger partial charge is 0.496 e. The van der Waals surface area contributed by atoms with E-state index in [1.54, 1.807) is 18.2 Å². The molecule has 0 N–H and O–H groups in total. The number of para-hydroxylation sites is 1. The van der Waals surface area contributed by atoms with Crippen LogP contribution in [0.5, 0.6) is 5.75 Å². The number of nitrogens with zero attached hydrogens (tertiary/aromatic N) is 3. The summed E-state index contributed by atoms with van der Waals surface area (Å²) in [6, 6.07) is 15.7. The van der Waals surface area contributed by atoms with Crippen LogP contribution in [-0.2, 0) is 11.3 Å². The predicted molar refractivity (Wildman–Crippen MR) is 116 cm³/mol. The fourth-order valence-electron chi connectivity index (χ4n) is 3.05. The minimum absolute atomic E-state index is 0.0887. The van der Waals surface area contributed by atoms with Crippen molar-refractivity contribution in [2.75, 3.05) is 7.11 Å². The Morgan fingerprint density at radius 1 is 1.18 bits per heavy atom. The Hall–Kier alpha value is -2.60. The molecule has 0 unspecified atom stereocenters. The maximum absolute atomic E-state index is 12.9. The van der Waals surface area contributed by atoms with E-state index >= 15 is 0 Å². The van der Waals surface area contributed by atoms with E-state index in [-0.39, 0.29) is 11.2 Å². The van der Waals surface area contributed by atoms with Gasteiger partial charge in [-0.25, -0.2) is 0 Å². The van der Waals surface area contributed by atoms with Gasteiger partial charge in [0.25, 0.3) is 0 Å². The van der Waals surface area contributed by atoms with Crippen LogP contribution in [0.3, 0.4) is 0 Å². The third-order valence-corrected chi connectivity index (χ3v) is 5.87. The number of rotatable bonds is 7. The van der Waals surface area contributed by atoms with E-state index < -0.39 is 0 Å². The van der Waals surface area contributed by atoms with Gasteiger partial charge < -0.3 is 4.74 Å². The molecule has 1 fully saturated rings. The average Bonchev–Trinajstić information content (AvgIpc) is 2.99. The Labute approximate surface area is 170 Å². The van der Waals surface area contributed by atoms with Gasteiger partial charge in [-0.1, -0.05) is 61.5 Å². The molecule has 2 aromatic rings. The zero-order chi connectivity index (χ0) is 19.9. The summed E-state index contributed by atoms with van der Waals surface area (Å²) in [7, 11) is 1.63. The molecule has 0 bridgehead atoms. The monoisotopic (exact) mass is 395 g/mol. The highest BCUT2D eigenvalue weighted by Crippen LogP contribution is 2.32. The SMILES string of the molecule is CCC[C@H]1S/C(=N/N=C\c2ccccc2OC)N(Cc2ccccc2C)C1=O. The summed E-state index contributed by atoms with van der Waals surface area (Å²) in [5.41, 5.74) is 3.13. The molecule has 0 saturated carbocycles. The second kappa shape index (κ2) is 9.55. The van der Waals surface area contributed by atoms with Crippen molar-refractivity contribution >= 4 is 29.1 Å². The fraction of sp³-hybridized carbons (Fsp3) is 0.318. The molecule has 1 heterocycles. The highest BCUT2D eigenvalue weighted by molar-refractivity contribution is 8.15. The van der Waals surface area contributed by atoms with Crippen LogP contribution in [0.15, 0.2) is 58.7 Å². The van der Waals surface area contributed by atoms with Crippen LogP contribution in [0.25, 0.3) is 0 Å². The molecule has 0 aliphatic carbocycles. The molecule has 1 saturated heterocycles. The van der Waals surface area contributed by atoms with Gasteiger partial charge in [-0.15, -0.1) is 5.10 Å². The molecule has 6 heteroatoms. The molecule has 2 aromatic carbocycles. The van der Waals surface area contributed by atoms with Gasteiger partial charge in [0.05, 0.1) is 25.1 Å². The molecule has 0 aromatic heterocycles. The molecule has 0 spiro atoms. The number of benzene rings is 2. The number of amidine groups is 1. The van der Waals surface area contributed by atoms with E-state index in [4.69, 9.17) is 4.74 Å². The summed E-state index contributed by atoms with van der Waals surface area (Å²) in [4.78, 5) is 14.7. The number of carbonyl (C=O) groups excluding carboxylic acids is 1. The first-order valence-corrected chi connectivity index (χ1v) is 10.3. The van der Waals surface area contributed by atoms with Gasteiger partial charge in [0.1, 0.15) is 5.75 Å². The maximum atomic E-state index is 12.9. The minimum atomic E-state index is -0.0887. The average molecular weight is 396 g/mol. The van der Waals surface area contributed by atoms with Crippen LogP contribution in [-0.4, -0.2) is 34.5 Å². The number of thioether (sulfide) groups is 1. The topological polar surface area (TPSA) is 54.3 Å². The lowest BCUT2D eigenvalue weighted by atomic mass is 10.1. The smallest absolute Gasteiger partial charge is 0.242 e. The van der Waals surface area contributed by atoms with Crippen molar-refractivity contribution < 1.29 is 9.53 Å². The number of hydrogen-bond acceptors (Lipinski definition) is 5. The number of ether oxygens (including phenoxy) is 1. The molecule has 0 radical (unpaired) electrons. The predicted octanol–water partition coefficient (Wildman–Crippen LogP) is 4.64. The van der Waals surface area contributed by atoms with Crippen LogP contribution >= 0.6 is 11.8 Å². The number of aryl methyl sites for hydroxylation is 1. The Morgan fingerprint density at radius 3 is 2.68 bits per heavy atom. The van der Waals surface area contributed by atoms with Gasteiger partial charge >= 0.3 is 0 Å². The first kappa shape index (κ1) is 20.1. The van der Waals surface area contributed by atoms with Crippen molar-refractivity contribution in [3.05, 3.63) is 65.2 Å². The van der Waals surface area contributed by atoms with Crippen molar-refractivity contribution in [3.63, 3.8) is 0 Å². The Balaban J connectivity index is 1.85. The summed E-state index contributed by atoms with van der Waals surface area (Å²) >= 11 is 1.50. The Morgan fingerprint density at radius 2 is 1.93 bits per heavy atom. The second-order valence-electron chi connectivity index (χ2n) is 6.62. The van der Waals surface area contributed by atoms with Crippen LogP contribution < -0.4 is 4.74 Å². The first-order valence-electron chi connectivity index (χ1n) is 9.40. The van der Waals surface area contributed by atoms with Crippen LogP contribution in [0, 0.1) is 6.92 Å². The summed E-state index contributed by atoms with van der Waals surface area (Å²) in [6.07, 6.45) is 3.46. The third-order valence-electron chi connectivity index (χ3n) is 4.64. The van der Waals surface area contributed by atoms with Gasteiger partial charge in [0.15, 0.2) is 5.17 Å². The van der Waals surface area contributed by atoms with E-state index in [1.165, 1.54) is 11.8 Å². The molecule has 5 nitrogen and oxygen atoms in total. The van der Waals surface area contributed by atoms with Gasteiger partial charge in [0.2, 0.25) is 5.91 Å². The zero-order valence-corrected chi connectivity index (χ0v) is 17.3. The summed E-state index contributed by atoms with van der Waals surface area (Å²) < 4.78 is 5.34. The van der Waals surface area contributed by atoms with Gasteiger partial charge in [-0.05, 0) is 36.6 Å². The normalized spacial score (nSPS) is 18.4. The Bertz CT molecular complexity index is 895. The molecular weight excluding hydrogens is 370 g/mol. The molecule has 146 valence electrons. The van der Waals surface area contributed by atoms with Crippen molar-refractivity contribution in [3.8, 4) is 5.75 Å². The lowest BCUT2D eigenvalue weighted by Gasteiger charge is -2.17. The Kier molecular flexibility index (Phi) is 6.87. The van der Waals surface area contributed by atoms with Gasteiger partial charge in [0, 0.05) is 5.56 Å². The molecule has 28 heavy (non-hydrogen) atoms. The standard InChI is InChI=1S/C22H25N3O2S/c1-4-9-20-21(26)25(15-18-12-6-5-10-16(18)2)22(28-20)24-23-14-17-11-7-8-13-19(17)27-3/h5-8,10-14,20H,4,9,15H2,1-3H3/b23-14-,24-22+/t20-/m1/s1. The van der Waals surface area contributed by atoms with Crippen LogP contribution in [0.1, 0.15) is 36.5 Å². The summed E-state index contributed by atoms with van der Waals surface area (Å²) in [5, 5.41) is 9.19. The minimum Gasteiger partial charge on any atom is -0.496 e. The zero-order valence-electron chi connectivity index (χ0n) is 16.5. The molecule has 3 rings (SSSR count). The lowest BCUT2D eigenvalue weighted by molar-refractivity contribution is -0.126. The van der Waals surface area contributed by atoms with Crippen LogP contribution in [0.4, 0.5) is 0 Å². The van der Waals surface area contributed by atoms with Gasteiger partial charge in [-0.2, -0.15) is 5.10 Å². The van der Waals surface area contributed by atoms with E-state index in [0.29, 0.717) is 11.7 Å². The number of amides is 1. The highest BCUT2D eigenvalue weighted by Gasteiger charge is 2.37. The maximum Gasteiger partial charge on any atom is 0.242 e. The molecule has 1 aliphatic rings. The van der Waals surface area contributed by atoms with Crippen molar-refractivity contribution in [2.24, 2.45) is 10.2 Å². The quantitative estimate of drug-likeness (QED) is 0.507.